The van der Waals surface area contributed by atoms with Crippen LogP contribution in [0.15, 0.2) is 28.1 Å². The quantitative estimate of drug-likeness (QED) is 0.200. The number of alkyl halides is 1. The van der Waals surface area contributed by atoms with Gasteiger partial charge in [-0.2, -0.15) is 0 Å². The number of nitrogens with zero attached hydrogens (tertiary/aromatic N) is 1. The van der Waals surface area contributed by atoms with Gasteiger partial charge >= 0.3 is 5.97 Å². The van der Waals surface area contributed by atoms with Gasteiger partial charge in [0.2, 0.25) is 0 Å². The molecule has 0 radical (unpaired) electrons. The van der Waals surface area contributed by atoms with Crippen molar-refractivity contribution in [2.24, 2.45) is 4.99 Å². The highest BCUT2D eigenvalue weighted by molar-refractivity contribution is 9.11. The molecule has 0 amide bonds. The van der Waals surface area contributed by atoms with Crippen LogP contribution in [0.4, 0.5) is 5.69 Å². The summed E-state index contributed by atoms with van der Waals surface area (Å²) in [6, 6.07) is 5.34. The minimum atomic E-state index is -0.270. The first kappa shape index (κ1) is 17.2. The lowest BCUT2D eigenvalue weighted by atomic mass is 10.2. The SMILES string of the molecule is C=Nc1ccc(C(=O)OCCCCCC)cc1SCBr. The molecule has 3 nitrogen and oxygen atoms in total. The van der Waals surface area contributed by atoms with Crippen LogP contribution in [0.25, 0.3) is 0 Å². The summed E-state index contributed by atoms with van der Waals surface area (Å²) in [6.07, 6.45) is 4.39. The number of halogens is 1. The van der Waals surface area contributed by atoms with Gasteiger partial charge in [0.15, 0.2) is 0 Å². The molecule has 0 unspecified atom stereocenters. The van der Waals surface area contributed by atoms with Gasteiger partial charge in [-0.1, -0.05) is 42.1 Å². The van der Waals surface area contributed by atoms with Crippen molar-refractivity contribution in [3.63, 3.8) is 0 Å². The van der Waals surface area contributed by atoms with Gasteiger partial charge in [0, 0.05) is 4.90 Å². The Kier molecular flexibility index (Phi) is 8.62. The molecule has 0 bridgehead atoms. The van der Waals surface area contributed by atoms with Crippen molar-refractivity contribution in [1.82, 2.24) is 0 Å². The van der Waals surface area contributed by atoms with E-state index in [4.69, 9.17) is 4.74 Å². The second-order valence-corrected chi connectivity index (χ2v) is 6.61. The summed E-state index contributed by atoms with van der Waals surface area (Å²) in [5.74, 6) is -0.270. The van der Waals surface area contributed by atoms with E-state index in [9.17, 15) is 4.79 Å². The van der Waals surface area contributed by atoms with E-state index < -0.39 is 0 Å². The summed E-state index contributed by atoms with van der Waals surface area (Å²) in [5.41, 5.74) is 1.35. The summed E-state index contributed by atoms with van der Waals surface area (Å²) in [6.45, 7) is 6.18. The van der Waals surface area contributed by atoms with Gasteiger partial charge in [-0.25, -0.2) is 4.79 Å². The Labute approximate surface area is 133 Å². The standard InChI is InChI=1S/C15H20BrNO2S/c1-3-4-5-6-9-19-15(18)12-7-8-13(17-2)14(10-12)20-11-16/h7-8,10H,2-6,9,11H2,1H3. The largest absolute Gasteiger partial charge is 0.462 e. The average molecular weight is 358 g/mol. The van der Waals surface area contributed by atoms with Crippen molar-refractivity contribution in [3.8, 4) is 0 Å². The van der Waals surface area contributed by atoms with Gasteiger partial charge in [-0.3, -0.25) is 4.99 Å². The van der Waals surface area contributed by atoms with Crippen LogP contribution in [0.2, 0.25) is 0 Å². The topological polar surface area (TPSA) is 38.7 Å². The van der Waals surface area contributed by atoms with Crippen molar-refractivity contribution in [2.75, 3.05) is 11.3 Å². The van der Waals surface area contributed by atoms with E-state index in [0.717, 1.165) is 28.1 Å². The van der Waals surface area contributed by atoms with Gasteiger partial charge in [0.1, 0.15) is 0 Å². The molecule has 20 heavy (non-hydrogen) atoms. The normalized spacial score (nSPS) is 10.3. The lowest BCUT2D eigenvalue weighted by molar-refractivity contribution is 0.0497. The second-order valence-electron chi connectivity index (χ2n) is 4.29. The molecule has 0 fully saturated rings. The molecule has 0 aliphatic rings. The van der Waals surface area contributed by atoms with Crippen LogP contribution in [-0.4, -0.2) is 24.0 Å². The molecule has 5 heteroatoms. The van der Waals surface area contributed by atoms with Crippen LogP contribution in [-0.2, 0) is 4.74 Å². The van der Waals surface area contributed by atoms with E-state index in [1.807, 2.05) is 6.07 Å². The summed E-state index contributed by atoms with van der Waals surface area (Å²) in [4.78, 5) is 16.8. The number of hydrogen-bond acceptors (Lipinski definition) is 4. The summed E-state index contributed by atoms with van der Waals surface area (Å²) < 4.78 is 6.02. The van der Waals surface area contributed by atoms with Crippen LogP contribution in [0.1, 0.15) is 43.0 Å². The van der Waals surface area contributed by atoms with Gasteiger partial charge in [-0.05, 0) is 31.3 Å². The van der Waals surface area contributed by atoms with Crippen LogP contribution < -0.4 is 0 Å². The molecule has 0 saturated carbocycles. The van der Waals surface area contributed by atoms with Gasteiger partial charge in [-0.15, -0.1) is 11.8 Å². The maximum atomic E-state index is 11.9. The molecule has 0 saturated heterocycles. The lowest BCUT2D eigenvalue weighted by Gasteiger charge is -2.08. The van der Waals surface area contributed by atoms with E-state index in [1.165, 1.54) is 12.8 Å². The number of esters is 1. The van der Waals surface area contributed by atoms with Crippen molar-refractivity contribution in [2.45, 2.75) is 37.5 Å². The number of rotatable bonds is 9. The van der Waals surface area contributed by atoms with Crippen LogP contribution >= 0.6 is 27.7 Å². The molecule has 0 aliphatic carbocycles. The zero-order valence-electron chi connectivity index (χ0n) is 11.7. The Hall–Kier alpha value is -0.810. The number of ether oxygens (including phenoxy) is 1. The number of carbonyl (C=O) groups is 1. The average Bonchev–Trinajstić information content (AvgIpc) is 2.47. The molecule has 1 rings (SSSR count). The highest BCUT2D eigenvalue weighted by atomic mass is 79.9. The Morgan fingerprint density at radius 3 is 2.85 bits per heavy atom. The number of unbranched alkanes of at least 4 members (excludes halogenated alkanes) is 3. The number of aliphatic imine (C=N–C) groups is 1. The Bertz CT molecular complexity index is 451. The molecule has 1 aromatic carbocycles. The van der Waals surface area contributed by atoms with Crippen molar-refractivity contribution in [1.29, 1.82) is 0 Å². The smallest absolute Gasteiger partial charge is 0.338 e. The summed E-state index contributed by atoms with van der Waals surface area (Å²) >= 11 is 4.93. The maximum absolute atomic E-state index is 11.9. The predicted molar refractivity (Wildman–Crippen MR) is 89.7 cm³/mol. The van der Waals surface area contributed by atoms with E-state index >= 15 is 0 Å². The molecular formula is C15H20BrNO2S. The van der Waals surface area contributed by atoms with Crippen molar-refractivity contribution < 1.29 is 9.53 Å². The number of thioether (sulfide) groups is 1. The van der Waals surface area contributed by atoms with E-state index in [-0.39, 0.29) is 5.97 Å². The van der Waals surface area contributed by atoms with E-state index in [1.54, 1.807) is 23.9 Å². The first-order valence-corrected chi connectivity index (χ1v) is 8.80. The zero-order valence-corrected chi connectivity index (χ0v) is 14.1. The fourth-order valence-electron chi connectivity index (χ4n) is 1.72. The predicted octanol–water partition coefficient (Wildman–Crippen LogP) is 5.20. The highest BCUT2D eigenvalue weighted by Gasteiger charge is 2.10. The van der Waals surface area contributed by atoms with Gasteiger partial charge < -0.3 is 4.74 Å². The molecule has 110 valence electrons. The molecule has 0 atom stereocenters. The number of benzene rings is 1. The fraction of sp³-hybridized carbons (Fsp3) is 0.467. The number of carbonyl (C=O) groups excluding carboxylic acids is 1. The fourth-order valence-corrected chi connectivity index (χ4v) is 3.07. The highest BCUT2D eigenvalue weighted by Crippen LogP contribution is 2.31. The Balaban J connectivity index is 2.59. The van der Waals surface area contributed by atoms with Crippen LogP contribution in [0.3, 0.4) is 0 Å². The lowest BCUT2D eigenvalue weighted by Crippen LogP contribution is -2.06. The monoisotopic (exact) mass is 357 g/mol. The first-order valence-electron chi connectivity index (χ1n) is 6.69. The van der Waals surface area contributed by atoms with Gasteiger partial charge in [0.05, 0.1) is 22.5 Å². The molecule has 1 aromatic rings. The summed E-state index contributed by atoms with van der Waals surface area (Å²) in [7, 11) is 0. The van der Waals surface area contributed by atoms with E-state index in [0.29, 0.717) is 12.2 Å². The molecule has 0 aliphatic heterocycles. The third kappa shape index (κ3) is 5.67. The van der Waals surface area contributed by atoms with Crippen molar-refractivity contribution >= 4 is 46.1 Å². The van der Waals surface area contributed by atoms with Crippen LogP contribution in [0, 0.1) is 0 Å². The molecule has 0 spiro atoms. The second kappa shape index (κ2) is 10.00. The zero-order chi connectivity index (χ0) is 14.8. The number of hydrogen-bond donors (Lipinski definition) is 0. The minimum Gasteiger partial charge on any atom is -0.462 e. The first-order chi connectivity index (χ1) is 9.72. The third-order valence-electron chi connectivity index (χ3n) is 2.81. The molecule has 0 aromatic heterocycles. The van der Waals surface area contributed by atoms with Crippen molar-refractivity contribution in [3.05, 3.63) is 23.8 Å². The van der Waals surface area contributed by atoms with Crippen LogP contribution in [0.5, 0.6) is 0 Å². The Morgan fingerprint density at radius 2 is 2.20 bits per heavy atom. The maximum Gasteiger partial charge on any atom is 0.338 e. The Morgan fingerprint density at radius 1 is 1.40 bits per heavy atom. The third-order valence-corrected chi connectivity index (χ3v) is 4.24. The van der Waals surface area contributed by atoms with E-state index in [2.05, 4.69) is 34.6 Å². The van der Waals surface area contributed by atoms with Gasteiger partial charge in [0.25, 0.3) is 0 Å². The molecule has 0 N–H and O–H groups in total. The molecular weight excluding hydrogens is 338 g/mol. The summed E-state index contributed by atoms with van der Waals surface area (Å²) in [5, 5.41) is 0. The molecule has 0 heterocycles. The minimum absolute atomic E-state index is 0.270.